The largest absolute Gasteiger partial charge is 0.354 e. The first kappa shape index (κ1) is 10.5. The third kappa shape index (κ3) is 2.71. The fourth-order valence-electron chi connectivity index (χ4n) is 1.05. The Morgan fingerprint density at radius 3 is 2.85 bits per heavy atom. The van der Waals surface area contributed by atoms with Crippen LogP contribution in [0.2, 0.25) is 5.02 Å². The molecular weight excluding hydrogens is 209 g/mol. The van der Waals surface area contributed by atoms with Crippen molar-refractivity contribution >= 4 is 29.0 Å². The van der Waals surface area contributed by atoms with Gasteiger partial charge in [0, 0.05) is 19.0 Å². The standard InChI is InChI=1S/C8H11Cl2N3/c1-2-13(4-3-9)8-7(10)5-11-6-12-8/h5-6H,2-4H2,1H3. The van der Waals surface area contributed by atoms with Crippen LogP contribution in [0.1, 0.15) is 6.92 Å². The molecule has 0 aliphatic rings. The minimum absolute atomic E-state index is 0.564. The molecule has 0 saturated carbocycles. The summed E-state index contributed by atoms with van der Waals surface area (Å²) < 4.78 is 0. The molecule has 0 spiro atoms. The number of anilines is 1. The summed E-state index contributed by atoms with van der Waals surface area (Å²) in [4.78, 5) is 9.92. The summed E-state index contributed by atoms with van der Waals surface area (Å²) in [5.41, 5.74) is 0. The molecule has 0 unspecified atom stereocenters. The zero-order valence-electron chi connectivity index (χ0n) is 7.37. The molecule has 0 radical (unpaired) electrons. The normalized spacial score (nSPS) is 10.1. The van der Waals surface area contributed by atoms with E-state index in [1.807, 2.05) is 11.8 Å². The molecule has 5 heteroatoms. The number of halogens is 2. The second kappa shape index (κ2) is 5.25. The number of hydrogen-bond acceptors (Lipinski definition) is 3. The van der Waals surface area contributed by atoms with E-state index in [1.165, 1.54) is 6.33 Å². The first-order chi connectivity index (χ1) is 6.29. The Morgan fingerprint density at radius 2 is 2.31 bits per heavy atom. The SMILES string of the molecule is CCN(CCCl)c1ncncc1Cl. The molecule has 1 aromatic heterocycles. The summed E-state index contributed by atoms with van der Waals surface area (Å²) in [6.07, 6.45) is 3.07. The van der Waals surface area contributed by atoms with Crippen molar-refractivity contribution < 1.29 is 0 Å². The van der Waals surface area contributed by atoms with E-state index >= 15 is 0 Å². The summed E-state index contributed by atoms with van der Waals surface area (Å²) in [5.74, 6) is 1.31. The van der Waals surface area contributed by atoms with Crippen molar-refractivity contribution in [3.05, 3.63) is 17.5 Å². The Morgan fingerprint density at radius 1 is 1.54 bits per heavy atom. The van der Waals surface area contributed by atoms with Crippen molar-refractivity contribution in [3.8, 4) is 0 Å². The lowest BCUT2D eigenvalue weighted by Crippen LogP contribution is -2.26. The minimum atomic E-state index is 0.564. The molecule has 13 heavy (non-hydrogen) atoms. The van der Waals surface area contributed by atoms with Gasteiger partial charge in [0.1, 0.15) is 11.3 Å². The molecule has 1 aromatic rings. The summed E-state index contributed by atoms with van der Waals surface area (Å²) in [7, 11) is 0. The highest BCUT2D eigenvalue weighted by Gasteiger charge is 2.08. The maximum absolute atomic E-state index is 5.92. The van der Waals surface area contributed by atoms with Gasteiger partial charge in [-0.3, -0.25) is 0 Å². The van der Waals surface area contributed by atoms with Crippen LogP contribution in [0.25, 0.3) is 0 Å². The van der Waals surface area contributed by atoms with Crippen LogP contribution in [0, 0.1) is 0 Å². The molecule has 0 N–H and O–H groups in total. The van der Waals surface area contributed by atoms with Gasteiger partial charge in [-0.1, -0.05) is 11.6 Å². The fraction of sp³-hybridized carbons (Fsp3) is 0.500. The van der Waals surface area contributed by atoms with Crippen LogP contribution in [-0.4, -0.2) is 28.9 Å². The molecule has 0 amide bonds. The second-order valence-corrected chi connectivity index (χ2v) is 3.25. The Balaban J connectivity index is 2.84. The zero-order valence-corrected chi connectivity index (χ0v) is 8.89. The topological polar surface area (TPSA) is 29.0 Å². The van der Waals surface area contributed by atoms with Crippen LogP contribution in [-0.2, 0) is 0 Å². The number of nitrogens with zero attached hydrogens (tertiary/aromatic N) is 3. The predicted octanol–water partition coefficient (Wildman–Crippen LogP) is 2.20. The van der Waals surface area contributed by atoms with E-state index in [1.54, 1.807) is 6.20 Å². The van der Waals surface area contributed by atoms with Crippen molar-refractivity contribution in [1.82, 2.24) is 9.97 Å². The van der Waals surface area contributed by atoms with Crippen molar-refractivity contribution in [3.63, 3.8) is 0 Å². The molecular formula is C8H11Cl2N3. The monoisotopic (exact) mass is 219 g/mol. The van der Waals surface area contributed by atoms with Gasteiger partial charge in [0.15, 0.2) is 5.82 Å². The summed E-state index contributed by atoms with van der Waals surface area (Å²) >= 11 is 11.6. The van der Waals surface area contributed by atoms with E-state index in [9.17, 15) is 0 Å². The van der Waals surface area contributed by atoms with E-state index in [-0.39, 0.29) is 0 Å². The molecule has 0 atom stereocenters. The van der Waals surface area contributed by atoms with Gasteiger partial charge in [0.2, 0.25) is 0 Å². The average Bonchev–Trinajstić information content (AvgIpc) is 2.16. The van der Waals surface area contributed by atoms with E-state index in [0.29, 0.717) is 10.9 Å². The lowest BCUT2D eigenvalue weighted by atomic mass is 10.4. The Bertz CT molecular complexity index is 267. The number of alkyl halides is 1. The molecule has 1 rings (SSSR count). The van der Waals surface area contributed by atoms with Gasteiger partial charge < -0.3 is 4.90 Å². The highest BCUT2D eigenvalue weighted by molar-refractivity contribution is 6.32. The van der Waals surface area contributed by atoms with Crippen LogP contribution in [0.15, 0.2) is 12.5 Å². The van der Waals surface area contributed by atoms with E-state index in [0.717, 1.165) is 18.9 Å². The number of rotatable bonds is 4. The van der Waals surface area contributed by atoms with Gasteiger partial charge in [-0.05, 0) is 6.92 Å². The van der Waals surface area contributed by atoms with Crippen molar-refractivity contribution in [1.29, 1.82) is 0 Å². The highest BCUT2D eigenvalue weighted by Crippen LogP contribution is 2.20. The number of aromatic nitrogens is 2. The zero-order chi connectivity index (χ0) is 9.68. The van der Waals surface area contributed by atoms with Crippen LogP contribution in [0.4, 0.5) is 5.82 Å². The lowest BCUT2D eigenvalue weighted by Gasteiger charge is -2.20. The van der Waals surface area contributed by atoms with E-state index in [4.69, 9.17) is 23.2 Å². The van der Waals surface area contributed by atoms with E-state index < -0.39 is 0 Å². The van der Waals surface area contributed by atoms with Crippen LogP contribution < -0.4 is 4.90 Å². The smallest absolute Gasteiger partial charge is 0.150 e. The maximum Gasteiger partial charge on any atom is 0.150 e. The van der Waals surface area contributed by atoms with Crippen molar-refractivity contribution in [2.75, 3.05) is 23.9 Å². The number of hydrogen-bond donors (Lipinski definition) is 0. The molecule has 1 heterocycles. The molecule has 0 aliphatic carbocycles. The molecule has 0 aromatic carbocycles. The van der Waals surface area contributed by atoms with Gasteiger partial charge in [-0.2, -0.15) is 0 Å². The molecule has 3 nitrogen and oxygen atoms in total. The van der Waals surface area contributed by atoms with Gasteiger partial charge in [0.05, 0.1) is 6.20 Å². The Kier molecular flexibility index (Phi) is 4.25. The van der Waals surface area contributed by atoms with Crippen LogP contribution >= 0.6 is 23.2 Å². The predicted molar refractivity (Wildman–Crippen MR) is 55.6 cm³/mol. The van der Waals surface area contributed by atoms with Gasteiger partial charge in [-0.25, -0.2) is 9.97 Å². The molecule has 0 fully saturated rings. The van der Waals surface area contributed by atoms with E-state index in [2.05, 4.69) is 9.97 Å². The molecule has 0 saturated heterocycles. The first-order valence-electron chi connectivity index (χ1n) is 4.06. The molecule has 0 bridgehead atoms. The van der Waals surface area contributed by atoms with Crippen LogP contribution in [0.5, 0.6) is 0 Å². The van der Waals surface area contributed by atoms with Crippen molar-refractivity contribution in [2.24, 2.45) is 0 Å². The second-order valence-electron chi connectivity index (χ2n) is 2.46. The average molecular weight is 220 g/mol. The summed E-state index contributed by atoms with van der Waals surface area (Å²) in [6.45, 7) is 3.61. The van der Waals surface area contributed by atoms with Gasteiger partial charge in [0.25, 0.3) is 0 Å². The summed E-state index contributed by atoms with van der Waals surface area (Å²) in [5, 5.41) is 0.564. The van der Waals surface area contributed by atoms with Crippen molar-refractivity contribution in [2.45, 2.75) is 6.92 Å². The fourth-order valence-corrected chi connectivity index (χ4v) is 1.48. The van der Waals surface area contributed by atoms with Gasteiger partial charge in [-0.15, -0.1) is 11.6 Å². The first-order valence-corrected chi connectivity index (χ1v) is 4.97. The summed E-state index contributed by atoms with van der Waals surface area (Å²) in [6, 6.07) is 0. The minimum Gasteiger partial charge on any atom is -0.354 e. The Hall–Kier alpha value is -0.540. The molecule has 72 valence electrons. The third-order valence-electron chi connectivity index (χ3n) is 1.68. The Labute approximate surface area is 87.7 Å². The quantitative estimate of drug-likeness (QED) is 0.728. The molecule has 0 aliphatic heterocycles. The maximum atomic E-state index is 5.92. The lowest BCUT2D eigenvalue weighted by molar-refractivity contribution is 0.845. The third-order valence-corrected chi connectivity index (χ3v) is 2.12. The van der Waals surface area contributed by atoms with Crippen LogP contribution in [0.3, 0.4) is 0 Å². The highest BCUT2D eigenvalue weighted by atomic mass is 35.5. The van der Waals surface area contributed by atoms with Gasteiger partial charge >= 0.3 is 0 Å².